The second kappa shape index (κ2) is 5.99. The van der Waals surface area contributed by atoms with E-state index in [0.717, 1.165) is 16.5 Å². The number of hydrogen-bond donors (Lipinski definition) is 0. The Morgan fingerprint density at radius 1 is 1.43 bits per heavy atom. The number of aromatic nitrogens is 1. The van der Waals surface area contributed by atoms with Gasteiger partial charge in [0.15, 0.2) is 10.8 Å². The van der Waals surface area contributed by atoms with Crippen molar-refractivity contribution in [1.29, 1.82) is 0 Å². The number of ether oxygens (including phenoxy) is 1. The van der Waals surface area contributed by atoms with Crippen LogP contribution in [0.25, 0.3) is 10.8 Å². The lowest BCUT2D eigenvalue weighted by Gasteiger charge is -2.35. The van der Waals surface area contributed by atoms with E-state index in [4.69, 9.17) is 9.15 Å². The van der Waals surface area contributed by atoms with Crippen LogP contribution in [0.1, 0.15) is 19.5 Å². The molecule has 1 saturated heterocycles. The molecule has 1 aliphatic heterocycles. The largest absolute Gasteiger partial charge is 0.462 e. The van der Waals surface area contributed by atoms with E-state index in [2.05, 4.69) is 4.98 Å². The van der Waals surface area contributed by atoms with Crippen molar-refractivity contribution in [3.8, 4) is 10.8 Å². The first-order valence-corrected chi connectivity index (χ1v) is 7.91. The van der Waals surface area contributed by atoms with Crippen LogP contribution in [0.2, 0.25) is 0 Å². The SMILES string of the molecule is C[C@H]1CN(C(=O)Cc2csc(-c3ccco3)n2)C[C@H](C)O1. The smallest absolute Gasteiger partial charge is 0.228 e. The van der Waals surface area contributed by atoms with Crippen LogP contribution in [0.4, 0.5) is 0 Å². The molecule has 0 N–H and O–H groups in total. The molecule has 3 heterocycles. The highest BCUT2D eigenvalue weighted by atomic mass is 32.1. The van der Waals surface area contributed by atoms with E-state index < -0.39 is 0 Å². The van der Waals surface area contributed by atoms with Crippen molar-refractivity contribution in [3.63, 3.8) is 0 Å². The molecule has 3 rings (SSSR count). The Kier molecular flexibility index (Phi) is 4.07. The maximum Gasteiger partial charge on any atom is 0.228 e. The van der Waals surface area contributed by atoms with Gasteiger partial charge in [0.2, 0.25) is 5.91 Å². The minimum Gasteiger partial charge on any atom is -0.462 e. The van der Waals surface area contributed by atoms with Crippen molar-refractivity contribution in [2.24, 2.45) is 0 Å². The van der Waals surface area contributed by atoms with E-state index in [0.29, 0.717) is 19.5 Å². The summed E-state index contributed by atoms with van der Waals surface area (Å²) in [5.74, 6) is 0.848. The molecule has 0 aromatic carbocycles. The Morgan fingerprint density at radius 3 is 2.86 bits per heavy atom. The molecule has 0 spiro atoms. The summed E-state index contributed by atoms with van der Waals surface area (Å²) < 4.78 is 11.0. The lowest BCUT2D eigenvalue weighted by Crippen LogP contribution is -2.48. The van der Waals surface area contributed by atoms with Gasteiger partial charge >= 0.3 is 0 Å². The summed E-state index contributed by atoms with van der Waals surface area (Å²) in [6, 6.07) is 3.70. The third kappa shape index (κ3) is 3.33. The maximum absolute atomic E-state index is 12.4. The molecule has 6 heteroatoms. The molecule has 0 aliphatic carbocycles. The quantitative estimate of drug-likeness (QED) is 0.874. The van der Waals surface area contributed by atoms with Crippen LogP contribution >= 0.6 is 11.3 Å². The van der Waals surface area contributed by atoms with E-state index in [1.807, 2.05) is 36.3 Å². The molecule has 0 bridgehead atoms. The Bertz CT molecular complexity index is 598. The zero-order valence-corrected chi connectivity index (χ0v) is 12.9. The molecule has 112 valence electrons. The zero-order chi connectivity index (χ0) is 14.8. The molecule has 0 unspecified atom stereocenters. The molecule has 2 aromatic rings. The molecule has 5 nitrogen and oxygen atoms in total. The number of thiazole rings is 1. The van der Waals surface area contributed by atoms with Gasteiger partial charge in [0.1, 0.15) is 0 Å². The monoisotopic (exact) mass is 306 g/mol. The van der Waals surface area contributed by atoms with Crippen LogP contribution in [0.3, 0.4) is 0 Å². The number of morpholine rings is 1. The van der Waals surface area contributed by atoms with Crippen LogP contribution in [-0.4, -0.2) is 41.1 Å². The molecule has 1 aliphatic rings. The van der Waals surface area contributed by atoms with Crippen molar-refractivity contribution < 1.29 is 13.9 Å². The van der Waals surface area contributed by atoms with Gasteiger partial charge in [-0.25, -0.2) is 4.98 Å². The van der Waals surface area contributed by atoms with Gasteiger partial charge in [-0.3, -0.25) is 4.79 Å². The summed E-state index contributed by atoms with van der Waals surface area (Å²) in [4.78, 5) is 18.7. The minimum atomic E-state index is 0.0896. The summed E-state index contributed by atoms with van der Waals surface area (Å²) in [5.41, 5.74) is 0.795. The van der Waals surface area contributed by atoms with Crippen LogP contribution < -0.4 is 0 Å². The number of hydrogen-bond acceptors (Lipinski definition) is 5. The van der Waals surface area contributed by atoms with E-state index in [9.17, 15) is 4.79 Å². The Hall–Kier alpha value is -1.66. The first-order chi connectivity index (χ1) is 10.1. The number of carbonyl (C=O) groups is 1. The van der Waals surface area contributed by atoms with Gasteiger partial charge in [-0.2, -0.15) is 0 Å². The number of furan rings is 1. The predicted octanol–water partition coefficient (Wildman–Crippen LogP) is 2.58. The first-order valence-electron chi connectivity index (χ1n) is 7.03. The molecular weight excluding hydrogens is 288 g/mol. The second-order valence-electron chi connectivity index (χ2n) is 5.35. The highest BCUT2D eigenvalue weighted by Crippen LogP contribution is 2.24. The Morgan fingerprint density at radius 2 is 2.19 bits per heavy atom. The number of carbonyl (C=O) groups excluding carboxylic acids is 1. The normalized spacial score (nSPS) is 22.5. The Labute approximate surface area is 127 Å². The number of nitrogens with zero attached hydrogens (tertiary/aromatic N) is 2. The molecule has 1 fully saturated rings. The second-order valence-corrected chi connectivity index (χ2v) is 6.21. The third-order valence-corrected chi connectivity index (χ3v) is 4.29. The van der Waals surface area contributed by atoms with Crippen LogP contribution in [0.5, 0.6) is 0 Å². The molecular formula is C15H18N2O3S. The van der Waals surface area contributed by atoms with Gasteiger partial charge in [-0.15, -0.1) is 11.3 Å². The summed E-state index contributed by atoms with van der Waals surface area (Å²) in [6.07, 6.45) is 2.13. The van der Waals surface area contributed by atoms with Gasteiger partial charge in [0.25, 0.3) is 0 Å². The first kappa shape index (κ1) is 14.3. The fourth-order valence-electron chi connectivity index (χ4n) is 2.55. The third-order valence-electron chi connectivity index (χ3n) is 3.39. The van der Waals surface area contributed by atoms with Crippen molar-refractivity contribution in [3.05, 3.63) is 29.5 Å². The zero-order valence-electron chi connectivity index (χ0n) is 12.1. The summed E-state index contributed by atoms with van der Waals surface area (Å²) in [5, 5.41) is 2.73. The number of amides is 1. The summed E-state index contributed by atoms with van der Waals surface area (Å²) >= 11 is 1.50. The molecule has 2 atom stereocenters. The van der Waals surface area contributed by atoms with E-state index in [1.165, 1.54) is 11.3 Å². The topological polar surface area (TPSA) is 55.6 Å². The van der Waals surface area contributed by atoms with Crippen molar-refractivity contribution in [1.82, 2.24) is 9.88 Å². The highest BCUT2D eigenvalue weighted by molar-refractivity contribution is 7.13. The van der Waals surface area contributed by atoms with E-state index in [-0.39, 0.29) is 18.1 Å². The van der Waals surface area contributed by atoms with E-state index in [1.54, 1.807) is 6.26 Å². The van der Waals surface area contributed by atoms with E-state index >= 15 is 0 Å². The van der Waals surface area contributed by atoms with Crippen molar-refractivity contribution in [2.75, 3.05) is 13.1 Å². The van der Waals surface area contributed by atoms with Gasteiger partial charge in [-0.05, 0) is 26.0 Å². The number of rotatable bonds is 3. The average Bonchev–Trinajstić information content (AvgIpc) is 3.07. The van der Waals surface area contributed by atoms with Crippen LogP contribution in [0, 0.1) is 0 Å². The van der Waals surface area contributed by atoms with Gasteiger partial charge < -0.3 is 14.1 Å². The average molecular weight is 306 g/mol. The predicted molar refractivity (Wildman–Crippen MR) is 80.1 cm³/mol. The van der Waals surface area contributed by atoms with Gasteiger partial charge in [0.05, 0.1) is 30.6 Å². The molecule has 2 aromatic heterocycles. The lowest BCUT2D eigenvalue weighted by atomic mass is 10.2. The fraction of sp³-hybridized carbons (Fsp3) is 0.467. The summed E-state index contributed by atoms with van der Waals surface area (Å²) in [7, 11) is 0. The van der Waals surface area contributed by atoms with Gasteiger partial charge in [-0.1, -0.05) is 0 Å². The Balaban J connectivity index is 1.65. The molecule has 0 saturated carbocycles. The fourth-order valence-corrected chi connectivity index (χ4v) is 3.34. The summed E-state index contributed by atoms with van der Waals surface area (Å²) in [6.45, 7) is 5.29. The highest BCUT2D eigenvalue weighted by Gasteiger charge is 2.26. The molecule has 1 amide bonds. The lowest BCUT2D eigenvalue weighted by molar-refractivity contribution is -0.142. The van der Waals surface area contributed by atoms with Crippen molar-refractivity contribution in [2.45, 2.75) is 32.5 Å². The molecule has 0 radical (unpaired) electrons. The van der Waals surface area contributed by atoms with Crippen LogP contribution in [0.15, 0.2) is 28.2 Å². The van der Waals surface area contributed by atoms with Crippen LogP contribution in [-0.2, 0) is 16.0 Å². The van der Waals surface area contributed by atoms with Crippen molar-refractivity contribution >= 4 is 17.2 Å². The molecule has 21 heavy (non-hydrogen) atoms. The standard InChI is InChI=1S/C15H18N2O3S/c1-10-7-17(8-11(2)20-10)14(18)6-12-9-21-15(16-12)13-4-3-5-19-13/h3-5,9-11H,6-8H2,1-2H3/t10-,11-/m0/s1. The minimum absolute atomic E-state index is 0.0896. The van der Waals surface area contributed by atoms with Gasteiger partial charge in [0, 0.05) is 18.5 Å². The maximum atomic E-state index is 12.4.